The Morgan fingerprint density at radius 3 is 2.36 bits per heavy atom. The number of rotatable bonds is 7. The van der Waals surface area contributed by atoms with E-state index in [4.69, 9.17) is 23.7 Å². The number of furan rings is 1. The maximum atomic E-state index is 12.5. The first-order valence-electron chi connectivity index (χ1n) is 7.03. The molecule has 9 heteroatoms. The molecule has 0 saturated carbocycles. The van der Waals surface area contributed by atoms with E-state index < -0.39 is 13.6 Å². The quantitative estimate of drug-likeness (QED) is 0.435. The highest BCUT2D eigenvalue weighted by molar-refractivity contribution is 7.46. The van der Waals surface area contributed by atoms with Crippen molar-refractivity contribution >= 4 is 19.7 Å². The van der Waals surface area contributed by atoms with Crippen LogP contribution in [0.4, 0.5) is 0 Å². The number of ketones is 1. The monoisotopic (exact) mass is 368 g/mol. The van der Waals surface area contributed by atoms with Gasteiger partial charge in [0.25, 0.3) is 0 Å². The lowest BCUT2D eigenvalue weighted by atomic mass is 10.1. The first-order valence-corrected chi connectivity index (χ1v) is 8.56. The van der Waals surface area contributed by atoms with E-state index in [0.29, 0.717) is 11.5 Å². The molecule has 2 N–H and O–H groups in total. The number of ether oxygens (including phenoxy) is 2. The lowest BCUT2D eigenvalue weighted by Crippen LogP contribution is -2.04. The van der Waals surface area contributed by atoms with Gasteiger partial charge in [-0.05, 0) is 31.2 Å². The van der Waals surface area contributed by atoms with E-state index in [1.807, 2.05) is 0 Å². The van der Waals surface area contributed by atoms with Crippen molar-refractivity contribution < 1.29 is 37.6 Å². The lowest BCUT2D eigenvalue weighted by Gasteiger charge is -2.15. The molecule has 0 radical (unpaired) electrons. The fourth-order valence-electron chi connectivity index (χ4n) is 2.07. The Balaban J connectivity index is 2.47. The average molecular weight is 368 g/mol. The summed E-state index contributed by atoms with van der Waals surface area (Å²) < 4.78 is 31.3. The minimum Gasteiger partial charge on any atom is -0.496 e. The number of methoxy groups -OCH3 is 2. The van der Waals surface area contributed by atoms with Gasteiger partial charge in [-0.15, -0.1) is 0 Å². The molecule has 0 aliphatic carbocycles. The first kappa shape index (κ1) is 18.8. The smallest absolute Gasteiger partial charge is 0.496 e. The number of hydrogen-bond acceptors (Lipinski definition) is 6. The van der Waals surface area contributed by atoms with Crippen LogP contribution >= 0.6 is 7.82 Å². The summed E-state index contributed by atoms with van der Waals surface area (Å²) in [5.41, 5.74) is -0.147. The van der Waals surface area contributed by atoms with Gasteiger partial charge < -0.3 is 18.4 Å². The molecule has 8 nitrogen and oxygen atoms in total. The fraction of sp³-hybridized carbons (Fsp3) is 0.188. The SMILES string of the molecule is COc1cc(OC)c(C(=O)/C=C/c2ccc(C)o2)c(OP(=O)(O)O)c1. The third-order valence-electron chi connectivity index (χ3n) is 3.12. The molecule has 0 bridgehead atoms. The summed E-state index contributed by atoms with van der Waals surface area (Å²) in [4.78, 5) is 30.7. The Morgan fingerprint density at radius 2 is 1.84 bits per heavy atom. The van der Waals surface area contributed by atoms with Gasteiger partial charge in [0.15, 0.2) is 5.78 Å². The van der Waals surface area contributed by atoms with Crippen molar-refractivity contribution in [3.8, 4) is 17.2 Å². The average Bonchev–Trinajstić information content (AvgIpc) is 2.95. The number of benzene rings is 1. The van der Waals surface area contributed by atoms with Gasteiger partial charge >= 0.3 is 7.82 Å². The summed E-state index contributed by atoms with van der Waals surface area (Å²) >= 11 is 0. The molecular formula is C16H17O8P. The standard InChI is InChI=1S/C16H17O8P/c1-10-4-5-11(23-10)6-7-13(17)16-14(22-3)8-12(21-2)9-15(16)24-25(18,19)20/h4-9H,1-3H3,(H2,18,19,20)/b7-6+. The lowest BCUT2D eigenvalue weighted by molar-refractivity contribution is 0.104. The Labute approximate surface area is 143 Å². The van der Waals surface area contributed by atoms with E-state index in [0.717, 1.165) is 0 Å². The molecule has 1 heterocycles. The van der Waals surface area contributed by atoms with Crippen LogP contribution in [0, 0.1) is 6.92 Å². The zero-order valence-corrected chi connectivity index (χ0v) is 14.6. The normalized spacial score (nSPS) is 11.6. The van der Waals surface area contributed by atoms with Crippen molar-refractivity contribution in [3.63, 3.8) is 0 Å². The van der Waals surface area contributed by atoms with E-state index in [1.54, 1.807) is 19.1 Å². The molecule has 1 aromatic heterocycles. The number of hydrogen-bond donors (Lipinski definition) is 2. The van der Waals surface area contributed by atoms with Gasteiger partial charge in [-0.2, -0.15) is 0 Å². The number of phosphoric ester groups is 1. The van der Waals surface area contributed by atoms with Gasteiger partial charge in [-0.1, -0.05) is 0 Å². The predicted octanol–water partition coefficient (Wildman–Crippen LogP) is 2.97. The van der Waals surface area contributed by atoms with Crippen LogP contribution in [0.1, 0.15) is 21.9 Å². The molecule has 0 amide bonds. The van der Waals surface area contributed by atoms with Crippen LogP contribution < -0.4 is 14.0 Å². The van der Waals surface area contributed by atoms with Crippen LogP contribution in [0.5, 0.6) is 17.2 Å². The maximum absolute atomic E-state index is 12.5. The maximum Gasteiger partial charge on any atom is 0.524 e. The van der Waals surface area contributed by atoms with Crippen LogP contribution in [0.15, 0.2) is 34.8 Å². The van der Waals surface area contributed by atoms with Crippen LogP contribution in [0.25, 0.3) is 6.08 Å². The zero-order chi connectivity index (χ0) is 18.6. The Morgan fingerprint density at radius 1 is 1.16 bits per heavy atom. The van der Waals surface area contributed by atoms with Crippen LogP contribution in [0.2, 0.25) is 0 Å². The molecule has 0 unspecified atom stereocenters. The first-order chi connectivity index (χ1) is 11.7. The highest BCUT2D eigenvalue weighted by Gasteiger charge is 2.25. The van der Waals surface area contributed by atoms with Gasteiger partial charge in [-0.25, -0.2) is 4.57 Å². The van der Waals surface area contributed by atoms with E-state index in [1.165, 1.54) is 38.5 Å². The summed E-state index contributed by atoms with van der Waals surface area (Å²) in [6.07, 6.45) is 2.62. The number of aryl methyl sites for hydroxylation is 1. The highest BCUT2D eigenvalue weighted by Crippen LogP contribution is 2.43. The van der Waals surface area contributed by atoms with Crippen molar-refractivity contribution in [3.05, 3.63) is 47.4 Å². The summed E-state index contributed by atoms with van der Waals surface area (Å²) in [7, 11) is -2.22. The van der Waals surface area contributed by atoms with Crippen molar-refractivity contribution in [1.29, 1.82) is 0 Å². The molecule has 0 saturated heterocycles. The zero-order valence-electron chi connectivity index (χ0n) is 13.8. The molecule has 0 fully saturated rings. The number of allylic oxidation sites excluding steroid dienone is 1. The van der Waals surface area contributed by atoms with Crippen LogP contribution in [0.3, 0.4) is 0 Å². The molecule has 2 aromatic rings. The summed E-state index contributed by atoms with van der Waals surface area (Å²) in [6.45, 7) is 1.76. The van der Waals surface area contributed by atoms with Gasteiger partial charge in [0.05, 0.1) is 14.2 Å². The van der Waals surface area contributed by atoms with Crippen molar-refractivity contribution in [1.82, 2.24) is 0 Å². The second-order valence-corrected chi connectivity index (χ2v) is 6.09. The summed E-state index contributed by atoms with van der Waals surface area (Å²) in [6, 6.07) is 6.02. The largest absolute Gasteiger partial charge is 0.524 e. The highest BCUT2D eigenvalue weighted by atomic mass is 31.2. The predicted molar refractivity (Wildman–Crippen MR) is 89.0 cm³/mol. The Hall–Kier alpha value is -2.54. The van der Waals surface area contributed by atoms with Gasteiger partial charge in [0.2, 0.25) is 0 Å². The van der Waals surface area contributed by atoms with Gasteiger partial charge in [0.1, 0.15) is 34.3 Å². The molecular weight excluding hydrogens is 351 g/mol. The Bertz CT molecular complexity index is 846. The number of carbonyl (C=O) groups is 1. The fourth-order valence-corrected chi connectivity index (χ4v) is 2.47. The molecule has 25 heavy (non-hydrogen) atoms. The van der Waals surface area contributed by atoms with Crippen molar-refractivity contribution in [2.24, 2.45) is 0 Å². The molecule has 0 atom stereocenters. The van der Waals surface area contributed by atoms with Crippen LogP contribution in [-0.2, 0) is 4.57 Å². The third-order valence-corrected chi connectivity index (χ3v) is 3.55. The van der Waals surface area contributed by atoms with E-state index in [-0.39, 0.29) is 22.8 Å². The summed E-state index contributed by atoms with van der Waals surface area (Å²) in [5, 5.41) is 0. The molecule has 0 aliphatic heterocycles. The van der Waals surface area contributed by atoms with Crippen molar-refractivity contribution in [2.45, 2.75) is 6.92 Å². The minimum atomic E-state index is -4.89. The van der Waals surface area contributed by atoms with E-state index >= 15 is 0 Å². The molecule has 0 spiro atoms. The topological polar surface area (TPSA) is 115 Å². The van der Waals surface area contributed by atoms with Gasteiger partial charge in [0, 0.05) is 12.1 Å². The van der Waals surface area contributed by atoms with Crippen molar-refractivity contribution in [2.75, 3.05) is 14.2 Å². The minimum absolute atomic E-state index is 0.0491. The third kappa shape index (κ3) is 4.96. The van der Waals surface area contributed by atoms with E-state index in [9.17, 15) is 9.36 Å². The Kier molecular flexibility index (Phi) is 5.69. The molecule has 2 rings (SSSR count). The second kappa shape index (κ2) is 7.57. The molecule has 0 aliphatic rings. The second-order valence-electron chi connectivity index (χ2n) is 4.93. The number of phosphoric acid groups is 1. The molecule has 134 valence electrons. The molecule has 1 aromatic carbocycles. The summed E-state index contributed by atoms with van der Waals surface area (Å²) in [5.74, 6) is 0.456. The van der Waals surface area contributed by atoms with Crippen LogP contribution in [-0.4, -0.2) is 29.8 Å². The number of carbonyl (C=O) groups excluding carboxylic acids is 1. The van der Waals surface area contributed by atoms with E-state index in [2.05, 4.69) is 4.52 Å². The van der Waals surface area contributed by atoms with Gasteiger partial charge in [-0.3, -0.25) is 14.6 Å².